The van der Waals surface area contributed by atoms with E-state index in [0.29, 0.717) is 17.5 Å². The first-order valence-corrected chi connectivity index (χ1v) is 17.7. The van der Waals surface area contributed by atoms with Crippen molar-refractivity contribution in [2.45, 2.75) is 0 Å². The predicted molar refractivity (Wildman–Crippen MR) is 214 cm³/mol. The van der Waals surface area contributed by atoms with Crippen molar-refractivity contribution in [1.82, 2.24) is 19.9 Å². The van der Waals surface area contributed by atoms with E-state index in [1.807, 2.05) is 91.1 Å². The zero-order chi connectivity index (χ0) is 34.9. The topological polar surface area (TPSA) is 64.7 Å². The first-order valence-electron chi connectivity index (χ1n) is 17.7. The molecule has 0 amide bonds. The van der Waals surface area contributed by atoms with Crippen molar-refractivity contribution in [1.29, 1.82) is 0 Å². The molecular weight excluding hydrogens is 649 g/mol. The molecule has 3 heterocycles. The fourth-order valence-electron chi connectivity index (χ4n) is 7.90. The number of aromatic nitrogens is 4. The number of pyridine rings is 1. The molecule has 0 atom stereocenters. The first kappa shape index (κ1) is 29.5. The number of nitrogens with zero attached hydrogens (tertiary/aromatic N) is 4. The van der Waals surface area contributed by atoms with E-state index >= 15 is 0 Å². The molecule has 0 saturated carbocycles. The Morgan fingerprint density at radius 1 is 0.358 bits per heavy atom. The summed E-state index contributed by atoms with van der Waals surface area (Å²) in [4.78, 5) is 20.0. The van der Waals surface area contributed by atoms with Crippen LogP contribution in [-0.4, -0.2) is 19.9 Å². The lowest BCUT2D eigenvalue weighted by molar-refractivity contribution is 0.669. The summed E-state index contributed by atoms with van der Waals surface area (Å²) in [6, 6.07) is 56.8. The minimum absolute atomic E-state index is 0.592. The highest BCUT2D eigenvalue weighted by molar-refractivity contribution is 6.19. The van der Waals surface area contributed by atoms with Crippen molar-refractivity contribution in [2.24, 2.45) is 0 Å². The SMILES string of the molecule is c1ccc(-c2nc(-c3ccccc3)nc(-c3cc(-c4ccc5c6c(cccc46)-c4ccccc4-5)cc(-c4ccnc5c4oc4ccccc45)c3)n2)cc1. The van der Waals surface area contributed by atoms with E-state index in [2.05, 4.69) is 78.9 Å². The first-order chi connectivity index (χ1) is 26.3. The summed E-state index contributed by atoms with van der Waals surface area (Å²) in [5.74, 6) is 1.83. The van der Waals surface area contributed by atoms with E-state index in [0.717, 1.165) is 61.0 Å². The maximum Gasteiger partial charge on any atom is 0.164 e. The third-order valence-corrected chi connectivity index (χ3v) is 10.3. The summed E-state index contributed by atoms with van der Waals surface area (Å²) in [5.41, 5.74) is 14.3. The second-order valence-corrected chi connectivity index (χ2v) is 13.4. The van der Waals surface area contributed by atoms with Gasteiger partial charge in [0.15, 0.2) is 23.1 Å². The molecule has 11 rings (SSSR count). The molecule has 0 spiro atoms. The minimum Gasteiger partial charge on any atom is -0.454 e. The minimum atomic E-state index is 0.592. The third-order valence-electron chi connectivity index (χ3n) is 10.3. The van der Waals surface area contributed by atoms with Crippen LogP contribution >= 0.6 is 0 Å². The van der Waals surface area contributed by atoms with Crippen LogP contribution < -0.4 is 0 Å². The summed E-state index contributed by atoms with van der Waals surface area (Å²) in [6.45, 7) is 0. The van der Waals surface area contributed by atoms with Crippen molar-refractivity contribution in [3.63, 3.8) is 0 Å². The summed E-state index contributed by atoms with van der Waals surface area (Å²) >= 11 is 0. The molecule has 0 unspecified atom stereocenters. The van der Waals surface area contributed by atoms with Crippen molar-refractivity contribution in [3.8, 4) is 78.7 Å². The molecule has 1 aliphatic carbocycles. The molecule has 0 radical (unpaired) electrons. The van der Waals surface area contributed by atoms with Gasteiger partial charge < -0.3 is 4.42 Å². The maximum absolute atomic E-state index is 6.53. The number of furan rings is 1. The highest BCUT2D eigenvalue weighted by Crippen LogP contribution is 2.50. The molecular formula is C48H28N4O. The van der Waals surface area contributed by atoms with Crippen LogP contribution in [0.2, 0.25) is 0 Å². The highest BCUT2D eigenvalue weighted by Gasteiger charge is 2.23. The van der Waals surface area contributed by atoms with E-state index in [1.165, 1.54) is 33.0 Å². The van der Waals surface area contributed by atoms with Crippen LogP contribution in [0.3, 0.4) is 0 Å². The van der Waals surface area contributed by atoms with Gasteiger partial charge in [0.25, 0.3) is 0 Å². The lowest BCUT2D eigenvalue weighted by atomic mass is 9.91. The lowest BCUT2D eigenvalue weighted by Gasteiger charge is -2.14. The number of hydrogen-bond donors (Lipinski definition) is 0. The Balaban J connectivity index is 1.19. The monoisotopic (exact) mass is 676 g/mol. The summed E-state index contributed by atoms with van der Waals surface area (Å²) in [6.07, 6.45) is 1.87. The van der Waals surface area contributed by atoms with Crippen molar-refractivity contribution in [3.05, 3.63) is 170 Å². The van der Waals surface area contributed by atoms with E-state index in [1.54, 1.807) is 0 Å². The fourth-order valence-corrected chi connectivity index (χ4v) is 7.90. The number of fused-ring (bicyclic) bond motifs is 6. The van der Waals surface area contributed by atoms with Gasteiger partial charge in [-0.05, 0) is 86.1 Å². The summed E-state index contributed by atoms with van der Waals surface area (Å²) in [5, 5.41) is 3.47. The third kappa shape index (κ3) is 4.71. The van der Waals surface area contributed by atoms with Gasteiger partial charge in [0, 0.05) is 33.8 Å². The summed E-state index contributed by atoms with van der Waals surface area (Å²) < 4.78 is 6.53. The Kier molecular flexibility index (Phi) is 6.48. The van der Waals surface area contributed by atoms with Crippen LogP contribution in [0, 0.1) is 0 Å². The van der Waals surface area contributed by atoms with Crippen LogP contribution in [0.5, 0.6) is 0 Å². The van der Waals surface area contributed by atoms with E-state index < -0.39 is 0 Å². The average Bonchev–Trinajstić information content (AvgIpc) is 3.78. The largest absolute Gasteiger partial charge is 0.454 e. The number of rotatable bonds is 5. The summed E-state index contributed by atoms with van der Waals surface area (Å²) in [7, 11) is 0. The molecule has 53 heavy (non-hydrogen) atoms. The van der Waals surface area contributed by atoms with Gasteiger partial charge >= 0.3 is 0 Å². The Hall–Kier alpha value is -7.24. The smallest absolute Gasteiger partial charge is 0.164 e. The second-order valence-electron chi connectivity index (χ2n) is 13.4. The Labute approximate surface area is 304 Å². The van der Waals surface area contributed by atoms with Gasteiger partial charge in [-0.3, -0.25) is 4.98 Å². The molecule has 5 heteroatoms. The Bertz CT molecular complexity index is 2970. The van der Waals surface area contributed by atoms with Gasteiger partial charge in [-0.25, -0.2) is 15.0 Å². The Morgan fingerprint density at radius 3 is 1.60 bits per heavy atom. The Morgan fingerprint density at radius 2 is 0.887 bits per heavy atom. The van der Waals surface area contributed by atoms with Crippen LogP contribution in [0.25, 0.3) is 112 Å². The molecule has 5 nitrogen and oxygen atoms in total. The molecule has 0 bridgehead atoms. The second kappa shape index (κ2) is 11.7. The standard InChI is InChI=1S/C48H28N4O/c1-3-12-29(13-4-1)46-50-47(30-14-5-2-6-15-30)52-48(51-46)33-27-31(26-32(28-33)35-24-25-49-44-41-18-9-10-21-42(41)53-45(35)44)34-22-23-40-37-17-8-7-16-36(37)39-20-11-19-38(34)43(39)40/h1-28H. The normalized spacial score (nSPS) is 11.8. The number of hydrogen-bond acceptors (Lipinski definition) is 5. The maximum atomic E-state index is 6.53. The quantitative estimate of drug-likeness (QED) is 0.181. The zero-order valence-corrected chi connectivity index (χ0v) is 28.4. The molecule has 10 aromatic rings. The molecule has 0 aliphatic heterocycles. The van der Waals surface area contributed by atoms with Gasteiger partial charge in [-0.1, -0.05) is 127 Å². The number of benzene rings is 7. The lowest BCUT2D eigenvalue weighted by Crippen LogP contribution is -2.00. The van der Waals surface area contributed by atoms with Crippen molar-refractivity contribution in [2.75, 3.05) is 0 Å². The van der Waals surface area contributed by atoms with Gasteiger partial charge in [0.2, 0.25) is 0 Å². The average molecular weight is 677 g/mol. The molecule has 3 aromatic heterocycles. The number of para-hydroxylation sites is 1. The molecule has 0 saturated heterocycles. The van der Waals surface area contributed by atoms with E-state index in [9.17, 15) is 0 Å². The van der Waals surface area contributed by atoms with Crippen molar-refractivity contribution >= 4 is 32.8 Å². The van der Waals surface area contributed by atoms with Crippen LogP contribution in [0.15, 0.2) is 174 Å². The van der Waals surface area contributed by atoms with Gasteiger partial charge in [-0.15, -0.1) is 0 Å². The molecule has 246 valence electrons. The molecule has 0 N–H and O–H groups in total. The predicted octanol–water partition coefficient (Wildman–Crippen LogP) is 12.3. The molecule has 7 aromatic carbocycles. The van der Waals surface area contributed by atoms with Gasteiger partial charge in [-0.2, -0.15) is 0 Å². The van der Waals surface area contributed by atoms with Gasteiger partial charge in [0.05, 0.1) is 0 Å². The van der Waals surface area contributed by atoms with Gasteiger partial charge in [0.1, 0.15) is 11.1 Å². The van der Waals surface area contributed by atoms with Crippen LogP contribution in [0.4, 0.5) is 0 Å². The molecule has 0 fully saturated rings. The van der Waals surface area contributed by atoms with Crippen LogP contribution in [-0.2, 0) is 0 Å². The highest BCUT2D eigenvalue weighted by atomic mass is 16.3. The molecule has 1 aliphatic rings. The van der Waals surface area contributed by atoms with Crippen LogP contribution in [0.1, 0.15) is 0 Å². The van der Waals surface area contributed by atoms with Crippen molar-refractivity contribution < 1.29 is 4.42 Å². The fraction of sp³-hybridized carbons (Fsp3) is 0. The van der Waals surface area contributed by atoms with E-state index in [-0.39, 0.29) is 0 Å². The zero-order valence-electron chi connectivity index (χ0n) is 28.4. The van der Waals surface area contributed by atoms with E-state index in [4.69, 9.17) is 24.4 Å².